The molecule has 1 rings (SSSR count). The van der Waals surface area contributed by atoms with Gasteiger partial charge in [0.1, 0.15) is 0 Å². The van der Waals surface area contributed by atoms with Crippen molar-refractivity contribution in [3.05, 3.63) is 18.0 Å². The third kappa shape index (κ3) is 5.87. The van der Waals surface area contributed by atoms with Crippen molar-refractivity contribution in [3.8, 4) is 0 Å². The molecule has 0 aromatic carbocycles. The van der Waals surface area contributed by atoms with Gasteiger partial charge in [-0.3, -0.25) is 4.68 Å². The lowest BCUT2D eigenvalue weighted by molar-refractivity contribution is 0.364. The van der Waals surface area contributed by atoms with E-state index in [4.69, 9.17) is 11.6 Å². The van der Waals surface area contributed by atoms with Gasteiger partial charge in [-0.15, -0.1) is 11.6 Å². The van der Waals surface area contributed by atoms with Gasteiger partial charge in [-0.2, -0.15) is 5.10 Å². The minimum Gasteiger partial charge on any atom is -0.310 e. The number of hydrogen-bond acceptors (Lipinski definition) is 2. The molecule has 0 saturated carbocycles. The molecular weight excluding hydrogens is 246 g/mol. The highest BCUT2D eigenvalue weighted by molar-refractivity contribution is 6.20. The molecule has 0 radical (unpaired) electrons. The van der Waals surface area contributed by atoms with Gasteiger partial charge in [0.25, 0.3) is 0 Å². The first-order chi connectivity index (χ1) is 8.28. The van der Waals surface area contributed by atoms with Crippen LogP contribution in [0.4, 0.5) is 0 Å². The highest BCUT2D eigenvalue weighted by Gasteiger charge is 2.16. The Hall–Kier alpha value is -0.540. The van der Waals surface area contributed by atoms with Crippen LogP contribution in [0.25, 0.3) is 0 Å². The van der Waals surface area contributed by atoms with Crippen LogP contribution in [0.3, 0.4) is 0 Å². The van der Waals surface area contributed by atoms with Gasteiger partial charge < -0.3 is 5.32 Å². The maximum atomic E-state index is 6.30. The van der Waals surface area contributed by atoms with E-state index in [-0.39, 0.29) is 10.8 Å². The molecule has 1 N–H and O–H groups in total. The molecule has 1 aromatic heterocycles. The monoisotopic (exact) mass is 271 g/mol. The zero-order valence-corrected chi connectivity index (χ0v) is 13.0. The molecule has 4 heteroatoms. The maximum Gasteiger partial charge on any atom is 0.0762 e. The summed E-state index contributed by atoms with van der Waals surface area (Å²) in [5, 5.41) is 8.04. The fourth-order valence-corrected chi connectivity index (χ4v) is 2.42. The zero-order chi connectivity index (χ0) is 13.8. The lowest BCUT2D eigenvalue weighted by atomic mass is 9.90. The summed E-state index contributed by atoms with van der Waals surface area (Å²) in [5.74, 6) is 0. The fourth-order valence-electron chi connectivity index (χ4n) is 1.85. The summed E-state index contributed by atoms with van der Waals surface area (Å²) in [6.07, 6.45) is 3.04. The van der Waals surface area contributed by atoms with E-state index in [1.54, 1.807) is 0 Å². The number of aromatic nitrogens is 2. The molecule has 0 aliphatic heterocycles. The van der Waals surface area contributed by atoms with E-state index in [1.807, 2.05) is 10.9 Å². The van der Waals surface area contributed by atoms with Gasteiger partial charge in [0.15, 0.2) is 0 Å². The van der Waals surface area contributed by atoms with Gasteiger partial charge in [0.2, 0.25) is 0 Å². The van der Waals surface area contributed by atoms with Crippen LogP contribution < -0.4 is 5.32 Å². The topological polar surface area (TPSA) is 29.9 Å². The average molecular weight is 272 g/mol. The molecule has 0 amide bonds. The summed E-state index contributed by atoms with van der Waals surface area (Å²) in [6, 6.07) is 2.47. The first-order valence-corrected chi connectivity index (χ1v) is 7.10. The van der Waals surface area contributed by atoms with Crippen molar-refractivity contribution in [2.75, 3.05) is 6.54 Å². The second-order valence-electron chi connectivity index (χ2n) is 6.37. The summed E-state index contributed by atoms with van der Waals surface area (Å²) in [4.78, 5) is 0. The van der Waals surface area contributed by atoms with E-state index in [1.165, 1.54) is 0 Å². The van der Waals surface area contributed by atoms with Crippen molar-refractivity contribution >= 4 is 11.6 Å². The largest absolute Gasteiger partial charge is 0.310 e. The Labute approximate surface area is 116 Å². The fraction of sp³-hybridized carbons (Fsp3) is 0.786. The molecule has 1 aromatic rings. The molecule has 1 heterocycles. The predicted molar refractivity (Wildman–Crippen MR) is 78.0 cm³/mol. The minimum atomic E-state index is 0.178. The van der Waals surface area contributed by atoms with Crippen LogP contribution in [0.1, 0.15) is 52.8 Å². The van der Waals surface area contributed by atoms with Crippen LogP contribution in [-0.4, -0.2) is 21.7 Å². The Kier molecular flexibility index (Phi) is 5.67. The summed E-state index contributed by atoms with van der Waals surface area (Å²) in [7, 11) is 0. The molecule has 104 valence electrons. The average Bonchev–Trinajstić information content (AvgIpc) is 2.63. The van der Waals surface area contributed by atoms with Crippen LogP contribution in [0, 0.1) is 5.41 Å². The van der Waals surface area contributed by atoms with Crippen molar-refractivity contribution < 1.29 is 0 Å². The zero-order valence-electron chi connectivity index (χ0n) is 12.2. The number of hydrogen-bond donors (Lipinski definition) is 1. The Morgan fingerprint density at radius 1 is 1.39 bits per heavy atom. The molecule has 0 bridgehead atoms. The molecule has 1 atom stereocenters. The van der Waals surface area contributed by atoms with Crippen LogP contribution in [-0.2, 0) is 6.54 Å². The number of rotatable bonds is 6. The van der Waals surface area contributed by atoms with E-state index in [9.17, 15) is 0 Å². The van der Waals surface area contributed by atoms with Crippen molar-refractivity contribution in [2.45, 2.75) is 59.0 Å². The van der Waals surface area contributed by atoms with Gasteiger partial charge in [0, 0.05) is 30.7 Å². The Bertz CT molecular complexity index is 352. The lowest BCUT2D eigenvalue weighted by Gasteiger charge is -2.21. The quantitative estimate of drug-likeness (QED) is 0.802. The predicted octanol–water partition coefficient (Wildman–Crippen LogP) is 3.60. The van der Waals surface area contributed by atoms with E-state index < -0.39 is 0 Å². The molecule has 0 saturated heterocycles. The van der Waals surface area contributed by atoms with E-state index >= 15 is 0 Å². The smallest absolute Gasteiger partial charge is 0.0762 e. The Morgan fingerprint density at radius 2 is 2.06 bits per heavy atom. The van der Waals surface area contributed by atoms with Crippen LogP contribution >= 0.6 is 11.6 Å². The van der Waals surface area contributed by atoms with Crippen LogP contribution in [0.15, 0.2) is 12.3 Å². The third-order valence-corrected chi connectivity index (χ3v) is 3.01. The van der Waals surface area contributed by atoms with Crippen molar-refractivity contribution in [3.63, 3.8) is 0 Å². The number of nitrogens with zero attached hydrogens (tertiary/aromatic N) is 2. The van der Waals surface area contributed by atoms with E-state index in [2.05, 4.69) is 51.1 Å². The summed E-state index contributed by atoms with van der Waals surface area (Å²) in [5.41, 5.74) is 1.36. The second-order valence-corrected chi connectivity index (χ2v) is 6.99. The molecule has 0 spiro atoms. The van der Waals surface area contributed by atoms with Crippen molar-refractivity contribution in [2.24, 2.45) is 5.41 Å². The first-order valence-electron chi connectivity index (χ1n) is 6.67. The first kappa shape index (κ1) is 15.5. The highest BCUT2D eigenvalue weighted by atomic mass is 35.5. The Morgan fingerprint density at radius 3 is 2.56 bits per heavy atom. The number of halogens is 1. The minimum absolute atomic E-state index is 0.178. The molecule has 0 aliphatic carbocycles. The molecule has 0 aliphatic rings. The standard InChI is InChI=1S/C14H26ClN3/c1-11(2)18-7-6-13(17-18)10-16-9-12(15)8-14(3,4)5/h6-7,11-12,16H,8-10H2,1-5H3. The maximum absolute atomic E-state index is 6.30. The van der Waals surface area contributed by atoms with Gasteiger partial charge >= 0.3 is 0 Å². The van der Waals surface area contributed by atoms with Gasteiger partial charge in [0.05, 0.1) is 5.69 Å². The van der Waals surface area contributed by atoms with Crippen LogP contribution in [0.5, 0.6) is 0 Å². The molecular formula is C14H26ClN3. The normalized spacial score (nSPS) is 14.2. The lowest BCUT2D eigenvalue weighted by Crippen LogP contribution is -2.26. The highest BCUT2D eigenvalue weighted by Crippen LogP contribution is 2.23. The summed E-state index contributed by atoms with van der Waals surface area (Å²) in [6.45, 7) is 12.5. The SMILES string of the molecule is CC(C)n1ccc(CNCC(Cl)CC(C)(C)C)n1. The number of alkyl halides is 1. The van der Waals surface area contributed by atoms with Crippen molar-refractivity contribution in [1.29, 1.82) is 0 Å². The molecule has 0 fully saturated rings. The second kappa shape index (κ2) is 6.58. The summed E-state index contributed by atoms with van der Waals surface area (Å²) < 4.78 is 1.98. The molecule has 1 unspecified atom stereocenters. The Balaban J connectivity index is 2.28. The van der Waals surface area contributed by atoms with E-state index in [0.29, 0.717) is 6.04 Å². The summed E-state index contributed by atoms with van der Waals surface area (Å²) >= 11 is 6.30. The molecule has 18 heavy (non-hydrogen) atoms. The number of nitrogens with one attached hydrogen (secondary N) is 1. The van der Waals surface area contributed by atoms with Gasteiger partial charge in [-0.1, -0.05) is 20.8 Å². The van der Waals surface area contributed by atoms with E-state index in [0.717, 1.165) is 25.2 Å². The van der Waals surface area contributed by atoms with Gasteiger partial charge in [-0.05, 0) is 31.7 Å². The molecule has 3 nitrogen and oxygen atoms in total. The van der Waals surface area contributed by atoms with Crippen molar-refractivity contribution in [1.82, 2.24) is 15.1 Å². The van der Waals surface area contributed by atoms with Crippen LogP contribution in [0.2, 0.25) is 0 Å². The van der Waals surface area contributed by atoms with Gasteiger partial charge in [-0.25, -0.2) is 0 Å². The third-order valence-electron chi connectivity index (χ3n) is 2.70.